The summed E-state index contributed by atoms with van der Waals surface area (Å²) < 4.78 is 0. The Morgan fingerprint density at radius 1 is 1.16 bits per heavy atom. The predicted molar refractivity (Wildman–Crippen MR) is 139 cm³/mol. The van der Waals surface area contributed by atoms with Gasteiger partial charge in [-0.25, -0.2) is 0 Å². The van der Waals surface area contributed by atoms with Gasteiger partial charge in [-0.05, 0) is 45.2 Å². The van der Waals surface area contributed by atoms with Gasteiger partial charge in [-0.1, -0.05) is 36.8 Å². The molecular weight excluding hydrogens is 501 g/mol. The molecule has 0 spiro atoms. The monoisotopic (exact) mass is 541 g/mol. The van der Waals surface area contributed by atoms with E-state index in [0.29, 0.717) is 24.9 Å². The first-order valence-electron chi connectivity index (χ1n) is 11.7. The summed E-state index contributed by atoms with van der Waals surface area (Å²) in [6, 6.07) is 11.1. The van der Waals surface area contributed by atoms with Gasteiger partial charge in [-0.2, -0.15) is 0 Å². The van der Waals surface area contributed by atoms with Crippen LogP contribution in [-0.2, 0) is 11.2 Å². The standard InChI is InChI=1S/C24H39N5O.HI/c1-3-25-24(26-13-16-28-14-8-7-9-20(28)2)27-18-22-17-23(30)29(19-22)15-12-21-10-5-4-6-11-21;/h4-6,10-11,20,22H,3,7-9,12-19H2,1-2H3,(H2,25,26,27);1H. The van der Waals surface area contributed by atoms with Crippen LogP contribution < -0.4 is 10.6 Å². The average molecular weight is 542 g/mol. The summed E-state index contributed by atoms with van der Waals surface area (Å²) in [6.07, 6.45) is 5.52. The first kappa shape index (κ1) is 25.9. The van der Waals surface area contributed by atoms with Crippen LogP contribution in [0.2, 0.25) is 0 Å². The number of carbonyl (C=O) groups excluding carboxylic acids is 1. The molecule has 2 aliphatic heterocycles. The molecule has 2 saturated heterocycles. The van der Waals surface area contributed by atoms with Crippen LogP contribution in [0.15, 0.2) is 35.3 Å². The zero-order valence-electron chi connectivity index (χ0n) is 19.2. The van der Waals surface area contributed by atoms with Gasteiger partial charge in [-0.15, -0.1) is 24.0 Å². The van der Waals surface area contributed by atoms with Crippen LogP contribution in [0.4, 0.5) is 0 Å². The Morgan fingerprint density at radius 3 is 2.71 bits per heavy atom. The fraction of sp³-hybridized carbons (Fsp3) is 0.667. The summed E-state index contributed by atoms with van der Waals surface area (Å²) in [4.78, 5) is 21.8. The van der Waals surface area contributed by atoms with Crippen molar-refractivity contribution < 1.29 is 4.79 Å². The molecule has 0 bridgehead atoms. The van der Waals surface area contributed by atoms with Gasteiger partial charge >= 0.3 is 0 Å². The minimum Gasteiger partial charge on any atom is -0.357 e. The van der Waals surface area contributed by atoms with Crippen molar-refractivity contribution in [2.24, 2.45) is 10.9 Å². The molecule has 0 aliphatic carbocycles. The molecule has 1 aromatic rings. The lowest BCUT2D eigenvalue weighted by Crippen LogP contribution is -2.45. The van der Waals surface area contributed by atoms with Gasteiger partial charge in [0.05, 0.1) is 0 Å². The van der Waals surface area contributed by atoms with Crippen molar-refractivity contribution >= 4 is 35.8 Å². The molecule has 1 aromatic carbocycles. The number of nitrogens with zero attached hydrogens (tertiary/aromatic N) is 3. The first-order valence-corrected chi connectivity index (χ1v) is 11.7. The number of hydrogen-bond acceptors (Lipinski definition) is 3. The number of hydrogen-bond donors (Lipinski definition) is 2. The van der Waals surface area contributed by atoms with E-state index in [1.54, 1.807) is 0 Å². The Morgan fingerprint density at radius 2 is 1.97 bits per heavy atom. The number of rotatable bonds is 9. The van der Waals surface area contributed by atoms with Crippen LogP contribution in [0, 0.1) is 5.92 Å². The Bertz CT molecular complexity index is 684. The zero-order chi connectivity index (χ0) is 21.2. The summed E-state index contributed by atoms with van der Waals surface area (Å²) in [5.41, 5.74) is 1.29. The molecule has 2 unspecified atom stereocenters. The van der Waals surface area contributed by atoms with Gasteiger partial charge in [0.15, 0.2) is 5.96 Å². The van der Waals surface area contributed by atoms with Gasteiger partial charge in [0.1, 0.15) is 0 Å². The topological polar surface area (TPSA) is 60.0 Å². The second-order valence-corrected chi connectivity index (χ2v) is 8.67. The summed E-state index contributed by atoms with van der Waals surface area (Å²) in [5.74, 6) is 1.45. The molecule has 2 N–H and O–H groups in total. The maximum Gasteiger partial charge on any atom is 0.223 e. The second kappa shape index (κ2) is 13.9. The van der Waals surface area contributed by atoms with Crippen LogP contribution in [0.3, 0.4) is 0 Å². The zero-order valence-corrected chi connectivity index (χ0v) is 21.5. The normalized spacial score (nSPS) is 22.3. The highest BCUT2D eigenvalue weighted by Gasteiger charge is 2.29. The van der Waals surface area contributed by atoms with E-state index in [1.807, 2.05) is 11.0 Å². The van der Waals surface area contributed by atoms with Crippen LogP contribution in [0.5, 0.6) is 0 Å². The van der Waals surface area contributed by atoms with Crippen LogP contribution in [-0.4, -0.2) is 73.5 Å². The molecule has 174 valence electrons. The predicted octanol–water partition coefficient (Wildman–Crippen LogP) is 3.13. The molecule has 1 amide bonds. The van der Waals surface area contributed by atoms with Crippen LogP contribution in [0.1, 0.15) is 45.1 Å². The van der Waals surface area contributed by atoms with E-state index in [0.717, 1.165) is 45.1 Å². The molecule has 7 heteroatoms. The van der Waals surface area contributed by atoms with E-state index in [-0.39, 0.29) is 29.9 Å². The number of amides is 1. The maximum atomic E-state index is 12.4. The SMILES string of the molecule is CCNC(=NCC1CC(=O)N(CCc2ccccc2)C1)NCCN1CCCCC1C.I. The first-order chi connectivity index (χ1) is 14.7. The van der Waals surface area contributed by atoms with E-state index in [4.69, 9.17) is 4.99 Å². The number of carbonyl (C=O) groups is 1. The molecule has 0 saturated carbocycles. The molecule has 2 aliphatic rings. The Balaban J connectivity index is 0.00000341. The van der Waals surface area contributed by atoms with Gasteiger partial charge in [-0.3, -0.25) is 14.7 Å². The highest BCUT2D eigenvalue weighted by molar-refractivity contribution is 14.0. The Labute approximate surface area is 205 Å². The van der Waals surface area contributed by atoms with E-state index in [2.05, 4.69) is 53.6 Å². The molecule has 31 heavy (non-hydrogen) atoms. The van der Waals surface area contributed by atoms with Crippen molar-refractivity contribution in [3.05, 3.63) is 35.9 Å². The van der Waals surface area contributed by atoms with Gasteiger partial charge in [0, 0.05) is 57.6 Å². The summed E-state index contributed by atoms with van der Waals surface area (Å²) in [5, 5.41) is 6.83. The molecule has 2 heterocycles. The van der Waals surface area contributed by atoms with E-state index < -0.39 is 0 Å². The maximum absolute atomic E-state index is 12.4. The summed E-state index contributed by atoms with van der Waals surface area (Å²) in [6.45, 7) is 10.8. The summed E-state index contributed by atoms with van der Waals surface area (Å²) in [7, 11) is 0. The number of likely N-dealkylation sites (tertiary alicyclic amines) is 2. The molecule has 6 nitrogen and oxygen atoms in total. The second-order valence-electron chi connectivity index (χ2n) is 8.67. The van der Waals surface area contributed by atoms with Crippen LogP contribution in [0.25, 0.3) is 0 Å². The molecule has 0 radical (unpaired) electrons. The number of piperidine rings is 1. The third kappa shape index (κ3) is 8.60. The number of benzene rings is 1. The number of nitrogens with one attached hydrogen (secondary N) is 2. The van der Waals surface area contributed by atoms with Crippen molar-refractivity contribution in [3.8, 4) is 0 Å². The van der Waals surface area contributed by atoms with Crippen molar-refractivity contribution in [1.82, 2.24) is 20.4 Å². The highest BCUT2D eigenvalue weighted by Crippen LogP contribution is 2.19. The fourth-order valence-corrected chi connectivity index (χ4v) is 4.47. The number of halogens is 1. The van der Waals surface area contributed by atoms with Crippen molar-refractivity contribution in [2.75, 3.05) is 45.8 Å². The van der Waals surface area contributed by atoms with Gasteiger partial charge < -0.3 is 15.5 Å². The summed E-state index contributed by atoms with van der Waals surface area (Å²) >= 11 is 0. The Hall–Kier alpha value is -1.35. The highest BCUT2D eigenvalue weighted by atomic mass is 127. The lowest BCUT2D eigenvalue weighted by Gasteiger charge is -2.33. The molecule has 3 rings (SSSR count). The fourth-order valence-electron chi connectivity index (χ4n) is 4.47. The molecule has 2 atom stereocenters. The largest absolute Gasteiger partial charge is 0.357 e. The van der Waals surface area contributed by atoms with E-state index in [9.17, 15) is 4.79 Å². The Kier molecular flexibility index (Phi) is 11.6. The lowest BCUT2D eigenvalue weighted by atomic mass is 10.0. The molecule has 2 fully saturated rings. The van der Waals surface area contributed by atoms with Gasteiger partial charge in [0.2, 0.25) is 5.91 Å². The molecule has 0 aromatic heterocycles. The minimum absolute atomic E-state index is 0. The van der Waals surface area contributed by atoms with Crippen molar-refractivity contribution in [2.45, 2.75) is 52.0 Å². The van der Waals surface area contributed by atoms with Crippen LogP contribution >= 0.6 is 24.0 Å². The quantitative estimate of drug-likeness (QED) is 0.287. The van der Waals surface area contributed by atoms with Gasteiger partial charge in [0.25, 0.3) is 0 Å². The van der Waals surface area contributed by atoms with Crippen molar-refractivity contribution in [1.29, 1.82) is 0 Å². The number of aliphatic imine (C=N–C) groups is 1. The molecular formula is C24H40IN5O. The lowest BCUT2D eigenvalue weighted by molar-refractivity contribution is -0.127. The van der Waals surface area contributed by atoms with E-state index in [1.165, 1.54) is 31.4 Å². The minimum atomic E-state index is 0. The third-order valence-electron chi connectivity index (χ3n) is 6.29. The third-order valence-corrected chi connectivity index (χ3v) is 6.29. The smallest absolute Gasteiger partial charge is 0.223 e. The van der Waals surface area contributed by atoms with E-state index >= 15 is 0 Å². The van der Waals surface area contributed by atoms with Crippen molar-refractivity contribution in [3.63, 3.8) is 0 Å². The average Bonchev–Trinajstić information content (AvgIpc) is 3.12. The number of guanidine groups is 1.